The molecule has 0 aromatic carbocycles. The molecule has 0 bridgehead atoms. The van der Waals surface area contributed by atoms with Gasteiger partial charge in [-0.1, -0.05) is 0 Å². The summed E-state index contributed by atoms with van der Waals surface area (Å²) >= 11 is 0. The van der Waals surface area contributed by atoms with Crippen LogP contribution in [0.2, 0.25) is 0 Å². The van der Waals surface area contributed by atoms with Gasteiger partial charge >= 0.3 is 57.5 Å². The zero-order chi connectivity index (χ0) is 10.6. The predicted octanol–water partition coefficient (Wildman–Crippen LogP) is -2.46. The molecule has 0 saturated heterocycles. The van der Waals surface area contributed by atoms with Crippen molar-refractivity contribution in [1.82, 2.24) is 0 Å². The predicted molar refractivity (Wildman–Crippen MR) is 44.9 cm³/mol. The Morgan fingerprint density at radius 1 is 1.36 bits per heavy atom. The molecule has 10 heteroatoms. The number of carboxylic acid groups (broad SMARTS) is 1. The Morgan fingerprint density at radius 2 is 1.79 bits per heavy atom. The van der Waals surface area contributed by atoms with Crippen LogP contribution in [0.3, 0.4) is 0 Å². The standard InChI is InChI=1S/C4H7O8P.Ca.2H/c5-2(4(7)8)1-3(6)12-13(9,10)11;;;/h2,5H,1H2,(H,7,8)(H2,9,10,11);;;. The maximum atomic E-state index is 10.4. The van der Waals surface area contributed by atoms with Crippen LogP contribution in [0.4, 0.5) is 0 Å². The van der Waals surface area contributed by atoms with Crippen LogP contribution in [0.25, 0.3) is 0 Å². The number of aliphatic carboxylic acids is 1. The fraction of sp³-hybridized carbons (Fsp3) is 0.500. The number of hydrogen-bond donors (Lipinski definition) is 4. The first-order valence-corrected chi connectivity index (χ1v) is 4.44. The van der Waals surface area contributed by atoms with Crippen LogP contribution in [0.15, 0.2) is 0 Å². The van der Waals surface area contributed by atoms with Crippen molar-refractivity contribution in [2.24, 2.45) is 0 Å². The molecule has 0 aliphatic rings. The normalized spacial score (nSPS) is 12.5. The molecule has 0 aromatic heterocycles. The van der Waals surface area contributed by atoms with Gasteiger partial charge in [0.25, 0.3) is 0 Å². The first-order valence-electron chi connectivity index (χ1n) is 2.91. The van der Waals surface area contributed by atoms with Crippen LogP contribution in [0.5, 0.6) is 0 Å². The quantitative estimate of drug-likeness (QED) is 0.320. The number of hydrogen-bond acceptors (Lipinski definition) is 5. The average Bonchev–Trinajstić information content (AvgIpc) is 1.81. The number of rotatable bonds is 4. The summed E-state index contributed by atoms with van der Waals surface area (Å²) in [5.74, 6) is -3.16. The molecule has 4 N–H and O–H groups in total. The van der Waals surface area contributed by atoms with Gasteiger partial charge in [0.15, 0.2) is 6.10 Å². The van der Waals surface area contributed by atoms with Gasteiger partial charge in [-0.05, 0) is 0 Å². The number of carboxylic acids is 1. The van der Waals surface area contributed by atoms with Crippen LogP contribution in [0.1, 0.15) is 6.42 Å². The van der Waals surface area contributed by atoms with Crippen LogP contribution in [-0.2, 0) is 18.7 Å². The third kappa shape index (κ3) is 8.89. The van der Waals surface area contributed by atoms with Gasteiger partial charge in [-0.3, -0.25) is 14.6 Å². The number of aliphatic hydroxyl groups excluding tert-OH is 1. The van der Waals surface area contributed by atoms with Gasteiger partial charge in [-0.2, -0.15) is 0 Å². The van der Waals surface area contributed by atoms with E-state index in [1.54, 1.807) is 0 Å². The van der Waals surface area contributed by atoms with Gasteiger partial charge in [0.2, 0.25) is 0 Å². The van der Waals surface area contributed by atoms with Crippen LogP contribution in [0, 0.1) is 0 Å². The van der Waals surface area contributed by atoms with Crippen molar-refractivity contribution in [3.63, 3.8) is 0 Å². The molecule has 0 amide bonds. The van der Waals surface area contributed by atoms with Crippen molar-refractivity contribution in [3.05, 3.63) is 0 Å². The topological polar surface area (TPSA) is 141 Å². The summed E-state index contributed by atoms with van der Waals surface area (Å²) in [6.45, 7) is 0. The van der Waals surface area contributed by atoms with Gasteiger partial charge in [0, 0.05) is 0 Å². The first-order chi connectivity index (χ1) is 5.72. The van der Waals surface area contributed by atoms with E-state index in [0.717, 1.165) is 0 Å². The molecule has 0 aromatic rings. The van der Waals surface area contributed by atoms with E-state index in [4.69, 9.17) is 20.0 Å². The third-order valence-electron chi connectivity index (χ3n) is 0.866. The van der Waals surface area contributed by atoms with Crippen molar-refractivity contribution in [3.8, 4) is 0 Å². The third-order valence-corrected chi connectivity index (χ3v) is 1.31. The molecule has 0 radical (unpaired) electrons. The van der Waals surface area contributed by atoms with Crippen LogP contribution >= 0.6 is 7.82 Å². The number of carbonyl (C=O) groups excluding carboxylic acids is 1. The van der Waals surface area contributed by atoms with Gasteiger partial charge < -0.3 is 14.7 Å². The molecule has 0 heterocycles. The van der Waals surface area contributed by atoms with Gasteiger partial charge in [-0.15, -0.1) is 0 Å². The van der Waals surface area contributed by atoms with Gasteiger partial charge in [0.1, 0.15) is 0 Å². The number of phosphoric ester groups is 1. The Labute approximate surface area is 108 Å². The second-order valence-corrected chi connectivity index (χ2v) is 3.18. The Morgan fingerprint density at radius 3 is 2.07 bits per heavy atom. The molecule has 14 heavy (non-hydrogen) atoms. The molecule has 1 unspecified atom stereocenters. The molecule has 0 aliphatic heterocycles. The fourth-order valence-electron chi connectivity index (χ4n) is 0.415. The van der Waals surface area contributed by atoms with Crippen LogP contribution < -0.4 is 0 Å². The zero-order valence-corrected chi connectivity index (χ0v) is 7.05. The number of aliphatic hydroxyl groups is 1. The number of carbonyl (C=O) groups is 2. The van der Waals surface area contributed by atoms with E-state index in [1.807, 2.05) is 0 Å². The van der Waals surface area contributed by atoms with Crippen molar-refractivity contribution in [1.29, 1.82) is 0 Å². The van der Waals surface area contributed by atoms with Gasteiger partial charge in [-0.25, -0.2) is 9.36 Å². The zero-order valence-electron chi connectivity index (χ0n) is 6.15. The molecule has 0 spiro atoms. The molecule has 0 rings (SSSR count). The molecule has 80 valence electrons. The summed E-state index contributed by atoms with van der Waals surface area (Å²) in [6.07, 6.45) is -3.04. The Bertz CT molecular complexity index is 258. The minimum atomic E-state index is -4.96. The Balaban J connectivity index is 0. The van der Waals surface area contributed by atoms with E-state index < -0.39 is 32.3 Å². The summed E-state index contributed by atoms with van der Waals surface area (Å²) in [4.78, 5) is 36.5. The summed E-state index contributed by atoms with van der Waals surface area (Å²) in [7, 11) is -4.96. The maximum absolute atomic E-state index is 10.4. The summed E-state index contributed by atoms with van der Waals surface area (Å²) in [5.41, 5.74) is 0. The van der Waals surface area contributed by atoms with E-state index in [-0.39, 0.29) is 37.7 Å². The van der Waals surface area contributed by atoms with E-state index >= 15 is 0 Å². The van der Waals surface area contributed by atoms with Crippen molar-refractivity contribution < 1.29 is 38.7 Å². The first kappa shape index (κ1) is 16.7. The second kappa shape index (κ2) is 6.73. The van der Waals surface area contributed by atoms with Crippen molar-refractivity contribution in [2.75, 3.05) is 0 Å². The average molecular weight is 256 g/mol. The summed E-state index contributed by atoms with van der Waals surface area (Å²) < 4.78 is 13.5. The molecule has 8 nitrogen and oxygen atoms in total. The second-order valence-electron chi connectivity index (χ2n) is 2.01. The van der Waals surface area contributed by atoms with E-state index in [9.17, 15) is 14.2 Å². The molecule has 0 aliphatic carbocycles. The van der Waals surface area contributed by atoms with E-state index in [0.29, 0.717) is 0 Å². The molecule has 0 fully saturated rings. The fourth-order valence-corrected chi connectivity index (χ4v) is 0.755. The Hall–Kier alpha value is 0.310. The van der Waals surface area contributed by atoms with Crippen molar-refractivity contribution >= 4 is 57.5 Å². The van der Waals surface area contributed by atoms with Gasteiger partial charge in [0.05, 0.1) is 6.42 Å². The minimum absolute atomic E-state index is 0. The monoisotopic (exact) mass is 256 g/mol. The summed E-state index contributed by atoms with van der Waals surface area (Å²) in [5, 5.41) is 16.6. The molecular formula is C4H9CaO8P. The SMILES string of the molecule is O=C(CC(O)C(=O)O)OP(=O)(O)O.[CaH2]. The molecule has 0 saturated carbocycles. The molecular weight excluding hydrogens is 247 g/mol. The summed E-state index contributed by atoms with van der Waals surface area (Å²) in [6, 6.07) is 0. The number of phosphoric acid groups is 1. The van der Waals surface area contributed by atoms with E-state index in [1.165, 1.54) is 0 Å². The van der Waals surface area contributed by atoms with E-state index in [2.05, 4.69) is 4.52 Å². The Kier molecular flexibility index (Phi) is 8.04. The van der Waals surface area contributed by atoms with Crippen LogP contribution in [-0.4, -0.2) is 75.8 Å². The van der Waals surface area contributed by atoms with Crippen molar-refractivity contribution in [2.45, 2.75) is 12.5 Å². The molecule has 1 atom stereocenters.